The number of rotatable bonds is 3. The lowest BCUT2D eigenvalue weighted by atomic mass is 10.1. The van der Waals surface area contributed by atoms with Gasteiger partial charge in [0.1, 0.15) is 5.69 Å². The highest BCUT2D eigenvalue weighted by molar-refractivity contribution is 5.76. The zero-order valence-corrected chi connectivity index (χ0v) is 11.4. The van der Waals surface area contributed by atoms with Gasteiger partial charge in [-0.15, -0.1) is 5.10 Å². The zero-order valence-electron chi connectivity index (χ0n) is 11.4. The van der Waals surface area contributed by atoms with Crippen LogP contribution in [-0.4, -0.2) is 25.9 Å². The number of fused-ring (bicyclic) bond motifs is 1. The minimum Gasteiger partial charge on any atom is -0.298 e. The SMILES string of the molecule is CCc1cc(C=O)cnc1-c1nc2cc(C)ccn2n1. The Morgan fingerprint density at radius 2 is 2.20 bits per heavy atom. The molecule has 0 saturated carbocycles. The molecule has 3 heterocycles. The monoisotopic (exact) mass is 266 g/mol. The number of hydrogen-bond donors (Lipinski definition) is 0. The molecule has 0 aliphatic carbocycles. The molecule has 0 saturated heterocycles. The van der Waals surface area contributed by atoms with Crippen molar-refractivity contribution in [2.75, 3.05) is 0 Å². The van der Waals surface area contributed by atoms with E-state index in [0.717, 1.165) is 35.2 Å². The second kappa shape index (κ2) is 4.85. The highest BCUT2D eigenvalue weighted by Crippen LogP contribution is 2.20. The molecule has 0 atom stereocenters. The van der Waals surface area contributed by atoms with Crippen molar-refractivity contribution in [3.63, 3.8) is 0 Å². The molecule has 0 N–H and O–H groups in total. The molecule has 0 aromatic carbocycles. The van der Waals surface area contributed by atoms with E-state index in [1.165, 1.54) is 0 Å². The van der Waals surface area contributed by atoms with E-state index in [0.29, 0.717) is 11.4 Å². The average Bonchev–Trinajstić information content (AvgIpc) is 2.89. The summed E-state index contributed by atoms with van der Waals surface area (Å²) in [7, 11) is 0. The van der Waals surface area contributed by atoms with Gasteiger partial charge in [0.25, 0.3) is 0 Å². The predicted octanol–water partition coefficient (Wildman–Crippen LogP) is 2.47. The lowest BCUT2D eigenvalue weighted by Crippen LogP contribution is -1.96. The Labute approximate surface area is 116 Å². The summed E-state index contributed by atoms with van der Waals surface area (Å²) in [6, 6.07) is 5.79. The maximum absolute atomic E-state index is 10.8. The summed E-state index contributed by atoms with van der Waals surface area (Å²) in [4.78, 5) is 19.7. The quantitative estimate of drug-likeness (QED) is 0.683. The van der Waals surface area contributed by atoms with Crippen LogP contribution in [0.2, 0.25) is 0 Å². The third kappa shape index (κ3) is 2.07. The molecule has 5 heteroatoms. The van der Waals surface area contributed by atoms with Crippen molar-refractivity contribution < 1.29 is 4.79 Å². The summed E-state index contributed by atoms with van der Waals surface area (Å²) in [5.41, 5.74) is 4.21. The molecule has 0 spiro atoms. The van der Waals surface area contributed by atoms with Gasteiger partial charge >= 0.3 is 0 Å². The van der Waals surface area contributed by atoms with Gasteiger partial charge in [0.15, 0.2) is 11.9 Å². The maximum atomic E-state index is 10.8. The summed E-state index contributed by atoms with van der Waals surface area (Å²) in [5.74, 6) is 0.588. The Balaban J connectivity index is 2.17. The van der Waals surface area contributed by atoms with Crippen LogP contribution in [-0.2, 0) is 6.42 Å². The van der Waals surface area contributed by atoms with Gasteiger partial charge in [-0.25, -0.2) is 9.50 Å². The summed E-state index contributed by atoms with van der Waals surface area (Å²) >= 11 is 0. The molecule has 5 nitrogen and oxygen atoms in total. The van der Waals surface area contributed by atoms with Gasteiger partial charge in [-0.1, -0.05) is 6.92 Å². The first-order valence-electron chi connectivity index (χ1n) is 6.48. The largest absolute Gasteiger partial charge is 0.298 e. The average molecular weight is 266 g/mol. The van der Waals surface area contributed by atoms with Crippen molar-refractivity contribution in [1.29, 1.82) is 0 Å². The van der Waals surface area contributed by atoms with E-state index in [9.17, 15) is 4.79 Å². The van der Waals surface area contributed by atoms with Crippen LogP contribution in [0.15, 0.2) is 30.6 Å². The molecule has 0 radical (unpaired) electrons. The van der Waals surface area contributed by atoms with E-state index < -0.39 is 0 Å². The smallest absolute Gasteiger partial charge is 0.201 e. The van der Waals surface area contributed by atoms with Gasteiger partial charge in [-0.2, -0.15) is 0 Å². The summed E-state index contributed by atoms with van der Waals surface area (Å²) < 4.78 is 1.73. The highest BCUT2D eigenvalue weighted by atomic mass is 16.1. The van der Waals surface area contributed by atoms with Gasteiger partial charge in [0.05, 0.1) is 0 Å². The molecule has 0 amide bonds. The Hall–Kier alpha value is -2.56. The van der Waals surface area contributed by atoms with Crippen LogP contribution < -0.4 is 0 Å². The first-order valence-corrected chi connectivity index (χ1v) is 6.48. The molecule has 20 heavy (non-hydrogen) atoms. The van der Waals surface area contributed by atoms with Gasteiger partial charge in [-0.3, -0.25) is 9.78 Å². The van der Waals surface area contributed by atoms with E-state index in [1.54, 1.807) is 10.7 Å². The highest BCUT2D eigenvalue weighted by Gasteiger charge is 2.12. The molecule has 3 aromatic heterocycles. The molecular formula is C15H14N4O. The molecule has 100 valence electrons. The molecule has 0 aliphatic heterocycles. The summed E-state index contributed by atoms with van der Waals surface area (Å²) in [6.45, 7) is 4.04. The van der Waals surface area contributed by atoms with Crippen LogP contribution in [0.3, 0.4) is 0 Å². The van der Waals surface area contributed by atoms with Crippen molar-refractivity contribution >= 4 is 11.9 Å². The first kappa shape index (κ1) is 12.5. The first-order chi connectivity index (χ1) is 9.71. The Morgan fingerprint density at radius 3 is 2.95 bits per heavy atom. The van der Waals surface area contributed by atoms with Crippen LogP contribution in [0.5, 0.6) is 0 Å². The van der Waals surface area contributed by atoms with Crippen LogP contribution in [0.1, 0.15) is 28.4 Å². The standard InChI is InChI=1S/C15H14N4O/c1-3-12-7-11(9-20)8-16-14(12)15-17-13-6-10(2)4-5-19(13)18-15/h4-9H,3H2,1-2H3. The normalized spacial score (nSPS) is 10.9. The Kier molecular flexibility index (Phi) is 3.02. The molecular weight excluding hydrogens is 252 g/mol. The molecule has 0 unspecified atom stereocenters. The zero-order chi connectivity index (χ0) is 14.1. The van der Waals surface area contributed by atoms with Gasteiger partial charge in [0, 0.05) is 18.0 Å². The molecule has 0 fully saturated rings. The Bertz CT molecular complexity index is 792. The van der Waals surface area contributed by atoms with Gasteiger partial charge < -0.3 is 0 Å². The topological polar surface area (TPSA) is 60.2 Å². The number of pyridine rings is 2. The van der Waals surface area contributed by atoms with E-state index in [4.69, 9.17) is 0 Å². The second-order valence-corrected chi connectivity index (χ2v) is 4.69. The molecule has 0 aliphatic rings. The third-order valence-electron chi connectivity index (χ3n) is 3.21. The number of nitrogens with zero attached hydrogens (tertiary/aromatic N) is 4. The molecule has 3 aromatic rings. The Morgan fingerprint density at radius 1 is 1.35 bits per heavy atom. The van der Waals surface area contributed by atoms with Crippen molar-refractivity contribution in [3.8, 4) is 11.5 Å². The van der Waals surface area contributed by atoms with Gasteiger partial charge in [-0.05, 0) is 42.7 Å². The van der Waals surface area contributed by atoms with E-state index in [1.807, 2.05) is 38.2 Å². The van der Waals surface area contributed by atoms with E-state index in [2.05, 4.69) is 15.1 Å². The van der Waals surface area contributed by atoms with Crippen LogP contribution >= 0.6 is 0 Å². The van der Waals surface area contributed by atoms with Crippen molar-refractivity contribution in [2.24, 2.45) is 0 Å². The third-order valence-corrected chi connectivity index (χ3v) is 3.21. The molecule has 0 bridgehead atoms. The molecule has 3 rings (SSSR count). The minimum atomic E-state index is 0.574. The number of aldehydes is 1. The second-order valence-electron chi connectivity index (χ2n) is 4.69. The van der Waals surface area contributed by atoms with E-state index in [-0.39, 0.29) is 0 Å². The lowest BCUT2D eigenvalue weighted by molar-refractivity contribution is 0.112. The number of aromatic nitrogens is 4. The number of carbonyl (C=O) groups excluding carboxylic acids is 1. The van der Waals surface area contributed by atoms with Crippen LogP contribution in [0.4, 0.5) is 0 Å². The number of hydrogen-bond acceptors (Lipinski definition) is 4. The fourth-order valence-corrected chi connectivity index (χ4v) is 2.15. The van der Waals surface area contributed by atoms with Crippen molar-refractivity contribution in [1.82, 2.24) is 19.6 Å². The van der Waals surface area contributed by atoms with Crippen molar-refractivity contribution in [3.05, 3.63) is 47.3 Å². The fraction of sp³-hybridized carbons (Fsp3) is 0.200. The van der Waals surface area contributed by atoms with Crippen molar-refractivity contribution in [2.45, 2.75) is 20.3 Å². The fourth-order valence-electron chi connectivity index (χ4n) is 2.15. The number of aryl methyl sites for hydroxylation is 2. The van der Waals surface area contributed by atoms with E-state index >= 15 is 0 Å². The van der Waals surface area contributed by atoms with Gasteiger partial charge in [0.2, 0.25) is 5.82 Å². The van der Waals surface area contributed by atoms with Crippen LogP contribution in [0, 0.1) is 6.92 Å². The minimum absolute atomic E-state index is 0.574. The summed E-state index contributed by atoms with van der Waals surface area (Å²) in [6.07, 6.45) is 5.01. The number of carbonyl (C=O) groups is 1. The van der Waals surface area contributed by atoms with Crippen LogP contribution in [0.25, 0.3) is 17.2 Å². The predicted molar refractivity (Wildman–Crippen MR) is 75.7 cm³/mol. The lowest BCUT2D eigenvalue weighted by Gasteiger charge is -2.03. The summed E-state index contributed by atoms with van der Waals surface area (Å²) in [5, 5.41) is 4.44. The maximum Gasteiger partial charge on any atom is 0.201 e.